The van der Waals surface area contributed by atoms with Gasteiger partial charge in [0.25, 0.3) is 0 Å². The standard InChI is InChI=1S/C21H30BrNO3/c1-20(2,3)26-19(25)23-16(14-9-5-6-10-15(14)22)13-21(4)17(23)11-7-8-12-18(21)24/h5-6,9-10,16-18,24H,7-8,11-13H2,1-4H3/t16-,17-,18-,21-/m0/s1. The van der Waals surface area contributed by atoms with Gasteiger partial charge in [0, 0.05) is 15.9 Å². The molecule has 1 N–H and O–H groups in total. The molecule has 4 nitrogen and oxygen atoms in total. The minimum absolute atomic E-state index is 0.00745. The van der Waals surface area contributed by atoms with E-state index in [1.165, 1.54) is 0 Å². The topological polar surface area (TPSA) is 49.8 Å². The van der Waals surface area contributed by atoms with Crippen molar-refractivity contribution in [3.63, 3.8) is 0 Å². The number of amides is 1. The Morgan fingerprint density at radius 1 is 1.27 bits per heavy atom. The lowest BCUT2D eigenvalue weighted by atomic mass is 9.75. The van der Waals surface area contributed by atoms with Gasteiger partial charge in [-0.25, -0.2) is 4.79 Å². The predicted molar refractivity (Wildman–Crippen MR) is 106 cm³/mol. The minimum atomic E-state index is -0.544. The monoisotopic (exact) mass is 423 g/mol. The van der Waals surface area contributed by atoms with Crippen LogP contribution in [-0.4, -0.2) is 33.8 Å². The van der Waals surface area contributed by atoms with Crippen molar-refractivity contribution in [3.05, 3.63) is 34.3 Å². The van der Waals surface area contributed by atoms with E-state index >= 15 is 0 Å². The largest absolute Gasteiger partial charge is 0.444 e. The number of rotatable bonds is 1. The average molecular weight is 424 g/mol. The van der Waals surface area contributed by atoms with Gasteiger partial charge in [0.1, 0.15) is 5.60 Å². The van der Waals surface area contributed by atoms with Gasteiger partial charge in [0.2, 0.25) is 0 Å². The molecule has 4 atom stereocenters. The van der Waals surface area contributed by atoms with E-state index in [-0.39, 0.29) is 23.6 Å². The van der Waals surface area contributed by atoms with Crippen molar-refractivity contribution in [1.29, 1.82) is 0 Å². The van der Waals surface area contributed by atoms with Gasteiger partial charge >= 0.3 is 6.09 Å². The fraction of sp³-hybridized carbons (Fsp3) is 0.667. The van der Waals surface area contributed by atoms with E-state index < -0.39 is 11.7 Å². The normalized spacial score (nSPS) is 32.1. The first-order valence-corrected chi connectivity index (χ1v) is 10.4. The highest BCUT2D eigenvalue weighted by atomic mass is 79.9. The molecule has 2 aliphatic rings. The Morgan fingerprint density at radius 3 is 2.58 bits per heavy atom. The molecule has 144 valence electrons. The Hall–Kier alpha value is -1.07. The summed E-state index contributed by atoms with van der Waals surface area (Å²) in [6, 6.07) is 7.95. The number of ether oxygens (including phenoxy) is 1. The number of hydrogen-bond donors (Lipinski definition) is 1. The molecule has 1 aliphatic heterocycles. The van der Waals surface area contributed by atoms with E-state index in [2.05, 4.69) is 28.9 Å². The second-order valence-electron chi connectivity index (χ2n) is 8.95. The van der Waals surface area contributed by atoms with Crippen LogP contribution < -0.4 is 0 Å². The molecule has 1 amide bonds. The lowest BCUT2D eigenvalue weighted by Gasteiger charge is -2.38. The first-order chi connectivity index (χ1) is 12.1. The van der Waals surface area contributed by atoms with Crippen LogP contribution >= 0.6 is 15.9 Å². The maximum atomic E-state index is 13.2. The van der Waals surface area contributed by atoms with Gasteiger partial charge < -0.3 is 9.84 Å². The number of nitrogens with zero attached hydrogens (tertiary/aromatic N) is 1. The molecule has 0 unspecified atom stereocenters. The van der Waals surface area contributed by atoms with Crippen molar-refractivity contribution in [3.8, 4) is 0 Å². The summed E-state index contributed by atoms with van der Waals surface area (Å²) in [5.41, 5.74) is 0.227. The predicted octanol–water partition coefficient (Wildman–Crippen LogP) is 5.44. The Labute approximate surface area is 165 Å². The van der Waals surface area contributed by atoms with Crippen molar-refractivity contribution < 1.29 is 14.6 Å². The van der Waals surface area contributed by atoms with Gasteiger partial charge in [0.05, 0.1) is 12.1 Å². The van der Waals surface area contributed by atoms with Crippen molar-refractivity contribution in [2.45, 2.75) is 83.6 Å². The van der Waals surface area contributed by atoms with Crippen LogP contribution in [0.25, 0.3) is 0 Å². The lowest BCUT2D eigenvalue weighted by Crippen LogP contribution is -2.47. The van der Waals surface area contributed by atoms with Gasteiger partial charge in [-0.15, -0.1) is 0 Å². The van der Waals surface area contributed by atoms with Crippen molar-refractivity contribution in [1.82, 2.24) is 4.90 Å². The smallest absolute Gasteiger partial charge is 0.411 e. The van der Waals surface area contributed by atoms with Crippen molar-refractivity contribution >= 4 is 22.0 Å². The molecule has 26 heavy (non-hydrogen) atoms. The van der Waals surface area contributed by atoms with Crippen LogP contribution in [0.4, 0.5) is 4.79 Å². The van der Waals surface area contributed by atoms with Crippen LogP contribution in [0.5, 0.6) is 0 Å². The zero-order valence-electron chi connectivity index (χ0n) is 16.2. The van der Waals surface area contributed by atoms with Gasteiger partial charge in [-0.1, -0.05) is 53.9 Å². The molecule has 5 heteroatoms. The second kappa shape index (κ2) is 7.16. The maximum absolute atomic E-state index is 13.2. The van der Waals surface area contributed by atoms with Crippen LogP contribution in [0.1, 0.15) is 71.4 Å². The molecule has 1 aliphatic carbocycles. The van der Waals surface area contributed by atoms with Crippen LogP contribution in [0.15, 0.2) is 28.7 Å². The molecular formula is C21H30BrNO3. The van der Waals surface area contributed by atoms with E-state index in [0.29, 0.717) is 0 Å². The summed E-state index contributed by atoms with van der Waals surface area (Å²) in [7, 11) is 0. The average Bonchev–Trinajstić information content (AvgIpc) is 2.76. The molecule has 2 fully saturated rings. The zero-order chi connectivity index (χ0) is 19.1. The highest BCUT2D eigenvalue weighted by molar-refractivity contribution is 9.10. The minimum Gasteiger partial charge on any atom is -0.444 e. The lowest BCUT2D eigenvalue weighted by molar-refractivity contribution is -0.00914. The first kappa shape index (κ1) is 19.7. The zero-order valence-corrected chi connectivity index (χ0v) is 17.8. The van der Waals surface area contributed by atoms with Gasteiger partial charge in [-0.05, 0) is 51.7 Å². The van der Waals surface area contributed by atoms with E-state index in [0.717, 1.165) is 42.1 Å². The molecule has 1 aromatic carbocycles. The molecular weight excluding hydrogens is 394 g/mol. The molecule has 3 rings (SSSR count). The molecule has 0 bridgehead atoms. The molecule has 1 aromatic rings. The Morgan fingerprint density at radius 2 is 1.92 bits per heavy atom. The van der Waals surface area contributed by atoms with Gasteiger partial charge in [0.15, 0.2) is 0 Å². The molecule has 1 saturated carbocycles. The Balaban J connectivity index is 2.04. The number of carbonyl (C=O) groups is 1. The van der Waals surface area contributed by atoms with Crippen molar-refractivity contribution in [2.75, 3.05) is 0 Å². The summed E-state index contributed by atoms with van der Waals surface area (Å²) >= 11 is 3.65. The van der Waals surface area contributed by atoms with E-state index in [1.54, 1.807) is 0 Å². The summed E-state index contributed by atoms with van der Waals surface area (Å²) in [6.45, 7) is 7.84. The van der Waals surface area contributed by atoms with Crippen LogP contribution in [-0.2, 0) is 4.74 Å². The van der Waals surface area contributed by atoms with E-state index in [4.69, 9.17) is 4.74 Å². The number of likely N-dealkylation sites (tertiary alicyclic amines) is 1. The van der Waals surface area contributed by atoms with Crippen LogP contribution in [0.2, 0.25) is 0 Å². The van der Waals surface area contributed by atoms with E-state index in [9.17, 15) is 9.90 Å². The number of aliphatic hydroxyl groups is 1. The summed E-state index contributed by atoms with van der Waals surface area (Å²) in [5.74, 6) is 0. The highest BCUT2D eigenvalue weighted by Gasteiger charge is 2.56. The fourth-order valence-corrected chi connectivity index (χ4v) is 5.14. The summed E-state index contributed by atoms with van der Waals surface area (Å²) in [4.78, 5) is 15.1. The number of hydrogen-bond acceptors (Lipinski definition) is 3. The summed E-state index contributed by atoms with van der Waals surface area (Å²) < 4.78 is 6.77. The number of aliphatic hydroxyl groups excluding tert-OH is 1. The van der Waals surface area contributed by atoms with Crippen molar-refractivity contribution in [2.24, 2.45) is 5.41 Å². The summed E-state index contributed by atoms with van der Waals surface area (Å²) in [6.07, 6.45) is 3.83. The summed E-state index contributed by atoms with van der Waals surface area (Å²) in [5, 5.41) is 10.9. The third-order valence-corrected chi connectivity index (χ3v) is 6.62. The molecule has 0 aromatic heterocycles. The Kier molecular flexibility index (Phi) is 5.42. The molecule has 1 saturated heterocycles. The quantitative estimate of drug-likeness (QED) is 0.653. The van der Waals surface area contributed by atoms with E-state index in [1.807, 2.05) is 43.9 Å². The number of benzene rings is 1. The first-order valence-electron chi connectivity index (χ1n) is 9.57. The van der Waals surface area contributed by atoms with Gasteiger partial charge in [-0.3, -0.25) is 4.90 Å². The van der Waals surface area contributed by atoms with Crippen LogP contribution in [0, 0.1) is 5.41 Å². The third kappa shape index (κ3) is 3.65. The molecule has 0 spiro atoms. The maximum Gasteiger partial charge on any atom is 0.411 e. The molecule has 0 radical (unpaired) electrons. The Bertz CT molecular complexity index is 671. The third-order valence-electron chi connectivity index (χ3n) is 5.90. The highest BCUT2D eigenvalue weighted by Crippen LogP contribution is 2.54. The number of halogens is 1. The molecule has 1 heterocycles. The number of carbonyl (C=O) groups excluding carboxylic acids is 1. The second-order valence-corrected chi connectivity index (χ2v) is 9.81. The SMILES string of the molecule is CC(C)(C)OC(=O)N1[C@H]2CCCC[C@H](O)[C@@]2(C)C[C@H]1c1ccccc1Br. The fourth-order valence-electron chi connectivity index (χ4n) is 4.59. The van der Waals surface area contributed by atoms with Crippen LogP contribution in [0.3, 0.4) is 0 Å². The number of fused-ring (bicyclic) bond motifs is 1. The van der Waals surface area contributed by atoms with Gasteiger partial charge in [-0.2, -0.15) is 0 Å².